The summed E-state index contributed by atoms with van der Waals surface area (Å²) in [5.41, 5.74) is 1.51. The van der Waals surface area contributed by atoms with Gasteiger partial charge in [-0.2, -0.15) is 0 Å². The van der Waals surface area contributed by atoms with Gasteiger partial charge in [0.15, 0.2) is 0 Å². The number of carbonyl (C=O) groups is 1. The molecule has 3 aromatic heterocycles. The van der Waals surface area contributed by atoms with Crippen LogP contribution in [0.25, 0.3) is 10.7 Å². The van der Waals surface area contributed by atoms with Crippen LogP contribution >= 0.6 is 11.3 Å². The standard InChI is InChI=1S/C16H15N3O2S/c1-11-14(15(20)18-9-7-12-5-4-10-21-12)22-16(19-11)13-6-2-3-8-17-13/h2-6,8,10H,7,9H2,1H3,(H,18,20). The zero-order valence-corrected chi connectivity index (χ0v) is 12.9. The predicted molar refractivity (Wildman–Crippen MR) is 84.8 cm³/mol. The lowest BCUT2D eigenvalue weighted by molar-refractivity contribution is 0.0957. The minimum Gasteiger partial charge on any atom is -0.469 e. The largest absolute Gasteiger partial charge is 0.469 e. The van der Waals surface area contributed by atoms with Crippen LogP contribution in [0, 0.1) is 6.92 Å². The third kappa shape index (κ3) is 3.23. The average molecular weight is 313 g/mol. The maximum atomic E-state index is 12.2. The highest BCUT2D eigenvalue weighted by atomic mass is 32.1. The normalized spacial score (nSPS) is 10.6. The van der Waals surface area contributed by atoms with Crippen molar-refractivity contribution < 1.29 is 9.21 Å². The van der Waals surface area contributed by atoms with Gasteiger partial charge in [-0.25, -0.2) is 4.98 Å². The van der Waals surface area contributed by atoms with E-state index in [0.717, 1.165) is 22.2 Å². The number of nitrogens with zero attached hydrogens (tertiary/aromatic N) is 2. The van der Waals surface area contributed by atoms with Crippen LogP contribution in [0.15, 0.2) is 47.2 Å². The molecule has 3 rings (SSSR count). The summed E-state index contributed by atoms with van der Waals surface area (Å²) in [4.78, 5) is 21.6. The highest BCUT2D eigenvalue weighted by Crippen LogP contribution is 2.26. The highest BCUT2D eigenvalue weighted by Gasteiger charge is 2.16. The maximum absolute atomic E-state index is 12.2. The fourth-order valence-corrected chi connectivity index (χ4v) is 3.00. The molecule has 112 valence electrons. The van der Waals surface area contributed by atoms with Crippen LogP contribution in [0.4, 0.5) is 0 Å². The average Bonchev–Trinajstić information content (AvgIpc) is 3.17. The zero-order chi connectivity index (χ0) is 15.4. The van der Waals surface area contributed by atoms with Crippen molar-refractivity contribution in [2.45, 2.75) is 13.3 Å². The molecule has 3 heterocycles. The fourth-order valence-electron chi connectivity index (χ4n) is 2.04. The number of hydrogen-bond donors (Lipinski definition) is 1. The Morgan fingerprint density at radius 1 is 1.32 bits per heavy atom. The van der Waals surface area contributed by atoms with Crippen molar-refractivity contribution in [2.24, 2.45) is 0 Å². The van der Waals surface area contributed by atoms with Gasteiger partial charge >= 0.3 is 0 Å². The van der Waals surface area contributed by atoms with E-state index in [9.17, 15) is 4.79 Å². The smallest absolute Gasteiger partial charge is 0.263 e. The number of pyridine rings is 1. The molecule has 1 N–H and O–H groups in total. The SMILES string of the molecule is Cc1nc(-c2ccccn2)sc1C(=O)NCCc1ccco1. The lowest BCUT2D eigenvalue weighted by Gasteiger charge is -2.02. The summed E-state index contributed by atoms with van der Waals surface area (Å²) >= 11 is 1.36. The van der Waals surface area contributed by atoms with Gasteiger partial charge in [-0.05, 0) is 31.2 Å². The zero-order valence-electron chi connectivity index (χ0n) is 12.1. The first-order valence-electron chi connectivity index (χ1n) is 6.93. The van der Waals surface area contributed by atoms with Crippen molar-refractivity contribution in [1.82, 2.24) is 15.3 Å². The molecule has 0 saturated carbocycles. The Labute approximate surface area is 132 Å². The summed E-state index contributed by atoms with van der Waals surface area (Å²) in [5.74, 6) is 0.749. The van der Waals surface area contributed by atoms with Crippen molar-refractivity contribution in [2.75, 3.05) is 6.54 Å². The first-order chi connectivity index (χ1) is 10.7. The van der Waals surface area contributed by atoms with E-state index in [1.807, 2.05) is 37.3 Å². The van der Waals surface area contributed by atoms with E-state index in [1.54, 1.807) is 12.5 Å². The van der Waals surface area contributed by atoms with Gasteiger partial charge in [-0.3, -0.25) is 9.78 Å². The first kappa shape index (κ1) is 14.5. The van der Waals surface area contributed by atoms with E-state index in [4.69, 9.17) is 4.42 Å². The molecule has 0 unspecified atom stereocenters. The molecule has 0 aliphatic carbocycles. The molecule has 22 heavy (non-hydrogen) atoms. The second-order valence-electron chi connectivity index (χ2n) is 4.73. The molecule has 3 aromatic rings. The maximum Gasteiger partial charge on any atom is 0.263 e. The number of nitrogens with one attached hydrogen (secondary N) is 1. The Morgan fingerprint density at radius 2 is 2.23 bits per heavy atom. The van der Waals surface area contributed by atoms with Gasteiger partial charge in [-0.1, -0.05) is 6.07 Å². The monoisotopic (exact) mass is 313 g/mol. The first-order valence-corrected chi connectivity index (χ1v) is 7.75. The van der Waals surface area contributed by atoms with E-state index in [-0.39, 0.29) is 5.91 Å². The second-order valence-corrected chi connectivity index (χ2v) is 5.73. The molecule has 0 aliphatic heterocycles. The number of carbonyl (C=O) groups excluding carboxylic acids is 1. The van der Waals surface area contributed by atoms with Gasteiger partial charge in [0.1, 0.15) is 15.6 Å². The second kappa shape index (κ2) is 6.53. The number of rotatable bonds is 5. The van der Waals surface area contributed by atoms with Crippen LogP contribution in [-0.2, 0) is 6.42 Å². The molecular weight excluding hydrogens is 298 g/mol. The Bertz CT molecular complexity index is 751. The van der Waals surface area contributed by atoms with Crippen molar-refractivity contribution in [3.8, 4) is 10.7 Å². The number of hydrogen-bond acceptors (Lipinski definition) is 5. The highest BCUT2D eigenvalue weighted by molar-refractivity contribution is 7.17. The molecule has 0 fully saturated rings. The van der Waals surface area contributed by atoms with Crippen molar-refractivity contribution in [3.05, 3.63) is 59.1 Å². The Kier molecular flexibility index (Phi) is 4.29. The summed E-state index contributed by atoms with van der Waals surface area (Å²) in [6.45, 7) is 2.37. The van der Waals surface area contributed by atoms with E-state index in [0.29, 0.717) is 17.8 Å². The molecule has 6 heteroatoms. The summed E-state index contributed by atoms with van der Waals surface area (Å²) in [7, 11) is 0. The summed E-state index contributed by atoms with van der Waals surface area (Å²) in [5, 5.41) is 3.65. The third-order valence-corrected chi connectivity index (χ3v) is 4.30. The number of thiazole rings is 1. The van der Waals surface area contributed by atoms with E-state index >= 15 is 0 Å². The number of aryl methyl sites for hydroxylation is 1. The predicted octanol–water partition coefficient (Wildman–Crippen LogP) is 3.08. The molecule has 5 nitrogen and oxygen atoms in total. The van der Waals surface area contributed by atoms with E-state index < -0.39 is 0 Å². The fraction of sp³-hybridized carbons (Fsp3) is 0.188. The van der Waals surface area contributed by atoms with E-state index in [1.165, 1.54) is 11.3 Å². The number of aromatic nitrogens is 2. The lowest BCUT2D eigenvalue weighted by atomic mass is 10.3. The molecule has 0 saturated heterocycles. The Balaban J connectivity index is 1.66. The molecular formula is C16H15N3O2S. The van der Waals surface area contributed by atoms with E-state index in [2.05, 4.69) is 15.3 Å². The van der Waals surface area contributed by atoms with Crippen LogP contribution in [-0.4, -0.2) is 22.4 Å². The quantitative estimate of drug-likeness (QED) is 0.786. The van der Waals surface area contributed by atoms with Crippen molar-refractivity contribution in [1.29, 1.82) is 0 Å². The molecule has 1 amide bonds. The molecule has 0 radical (unpaired) electrons. The van der Waals surface area contributed by atoms with Gasteiger partial charge in [0, 0.05) is 19.2 Å². The molecule has 0 spiro atoms. The molecule has 0 bridgehead atoms. The Hall–Kier alpha value is -2.47. The van der Waals surface area contributed by atoms with Crippen LogP contribution < -0.4 is 5.32 Å². The minimum absolute atomic E-state index is 0.108. The summed E-state index contributed by atoms with van der Waals surface area (Å²) in [6, 6.07) is 9.37. The molecule has 0 aliphatic rings. The van der Waals surface area contributed by atoms with Gasteiger partial charge < -0.3 is 9.73 Å². The topological polar surface area (TPSA) is 68.0 Å². The van der Waals surface area contributed by atoms with Crippen LogP contribution in [0.2, 0.25) is 0 Å². The lowest BCUT2D eigenvalue weighted by Crippen LogP contribution is -2.25. The van der Waals surface area contributed by atoms with Crippen LogP contribution in [0.3, 0.4) is 0 Å². The van der Waals surface area contributed by atoms with Crippen LogP contribution in [0.1, 0.15) is 21.1 Å². The number of amides is 1. The van der Waals surface area contributed by atoms with Gasteiger partial charge in [0.05, 0.1) is 17.7 Å². The number of furan rings is 1. The van der Waals surface area contributed by atoms with Gasteiger partial charge in [0.25, 0.3) is 5.91 Å². The van der Waals surface area contributed by atoms with Gasteiger partial charge in [0.2, 0.25) is 0 Å². The third-order valence-electron chi connectivity index (χ3n) is 3.12. The summed E-state index contributed by atoms with van der Waals surface area (Å²) in [6.07, 6.45) is 4.02. The summed E-state index contributed by atoms with van der Waals surface area (Å²) < 4.78 is 5.24. The van der Waals surface area contributed by atoms with Crippen molar-refractivity contribution >= 4 is 17.2 Å². The minimum atomic E-state index is -0.108. The molecule has 0 aromatic carbocycles. The van der Waals surface area contributed by atoms with Crippen LogP contribution in [0.5, 0.6) is 0 Å². The van der Waals surface area contributed by atoms with Gasteiger partial charge in [-0.15, -0.1) is 11.3 Å². The Morgan fingerprint density at radius 3 is 2.95 bits per heavy atom. The van der Waals surface area contributed by atoms with Crippen molar-refractivity contribution in [3.63, 3.8) is 0 Å². The molecule has 0 atom stereocenters.